The molecule has 3 nitrogen and oxygen atoms in total. The summed E-state index contributed by atoms with van der Waals surface area (Å²) in [4.78, 5) is 12.7. The Morgan fingerprint density at radius 3 is 2.70 bits per heavy atom. The van der Waals surface area contributed by atoms with Gasteiger partial charge < -0.3 is 10.6 Å². The number of amides is 1. The standard InChI is InChI=1S/C16H23BrN2O/c1-11(2)16(7-8-18-10-16)15(20)19-12(3)13-5-4-6-14(17)9-13/h4-6,9,11-12,18H,7-8,10H2,1-3H3,(H,19,20)/t12-,16?/m0/s1. The fraction of sp³-hybridized carbons (Fsp3) is 0.562. The number of hydrogen-bond donors (Lipinski definition) is 2. The highest BCUT2D eigenvalue weighted by atomic mass is 79.9. The second-order valence-electron chi connectivity index (χ2n) is 5.99. The Balaban J connectivity index is 2.10. The molecule has 1 saturated heterocycles. The minimum Gasteiger partial charge on any atom is -0.349 e. The Morgan fingerprint density at radius 2 is 2.15 bits per heavy atom. The van der Waals surface area contributed by atoms with Crippen molar-refractivity contribution in [2.75, 3.05) is 13.1 Å². The van der Waals surface area contributed by atoms with E-state index in [2.05, 4.69) is 46.5 Å². The first-order chi connectivity index (χ1) is 9.45. The van der Waals surface area contributed by atoms with Crippen molar-refractivity contribution in [1.29, 1.82) is 0 Å². The number of hydrogen-bond acceptors (Lipinski definition) is 2. The Labute approximate surface area is 129 Å². The van der Waals surface area contributed by atoms with Crippen LogP contribution in [0.4, 0.5) is 0 Å². The maximum absolute atomic E-state index is 12.7. The predicted octanol–water partition coefficient (Wildman–Crippen LogP) is 3.26. The molecule has 2 atom stereocenters. The van der Waals surface area contributed by atoms with Gasteiger partial charge in [0.05, 0.1) is 11.5 Å². The van der Waals surface area contributed by atoms with E-state index < -0.39 is 0 Å². The molecule has 2 rings (SSSR count). The number of benzene rings is 1. The van der Waals surface area contributed by atoms with Crippen LogP contribution in [0, 0.1) is 11.3 Å². The van der Waals surface area contributed by atoms with Crippen molar-refractivity contribution in [3.63, 3.8) is 0 Å². The zero-order valence-electron chi connectivity index (χ0n) is 12.4. The molecular formula is C16H23BrN2O. The molecule has 1 fully saturated rings. The van der Waals surface area contributed by atoms with Gasteiger partial charge in [-0.3, -0.25) is 4.79 Å². The molecule has 4 heteroatoms. The van der Waals surface area contributed by atoms with Gasteiger partial charge in [0.2, 0.25) is 5.91 Å². The second-order valence-corrected chi connectivity index (χ2v) is 6.90. The summed E-state index contributed by atoms with van der Waals surface area (Å²) in [6, 6.07) is 8.12. The van der Waals surface area contributed by atoms with E-state index >= 15 is 0 Å². The van der Waals surface area contributed by atoms with Crippen molar-refractivity contribution < 1.29 is 4.79 Å². The summed E-state index contributed by atoms with van der Waals surface area (Å²) >= 11 is 3.47. The highest BCUT2D eigenvalue weighted by molar-refractivity contribution is 9.10. The van der Waals surface area contributed by atoms with Crippen molar-refractivity contribution in [2.24, 2.45) is 11.3 Å². The molecule has 110 valence electrons. The monoisotopic (exact) mass is 338 g/mol. The summed E-state index contributed by atoms with van der Waals surface area (Å²) in [6.07, 6.45) is 0.918. The zero-order chi connectivity index (χ0) is 14.8. The summed E-state index contributed by atoms with van der Waals surface area (Å²) in [5.41, 5.74) is 0.859. The van der Waals surface area contributed by atoms with Crippen molar-refractivity contribution in [1.82, 2.24) is 10.6 Å². The van der Waals surface area contributed by atoms with Crippen LogP contribution in [-0.4, -0.2) is 19.0 Å². The number of nitrogens with one attached hydrogen (secondary N) is 2. The summed E-state index contributed by atoms with van der Waals surface area (Å²) in [6.45, 7) is 8.02. The van der Waals surface area contributed by atoms with E-state index in [1.54, 1.807) is 0 Å². The minimum absolute atomic E-state index is 0.0243. The molecule has 1 aromatic rings. The number of halogens is 1. The lowest BCUT2D eigenvalue weighted by molar-refractivity contribution is -0.133. The first-order valence-electron chi connectivity index (χ1n) is 7.23. The van der Waals surface area contributed by atoms with Crippen LogP contribution in [0.2, 0.25) is 0 Å². The van der Waals surface area contributed by atoms with Crippen LogP contribution in [0.3, 0.4) is 0 Å². The van der Waals surface area contributed by atoms with Gasteiger partial charge in [0, 0.05) is 11.0 Å². The lowest BCUT2D eigenvalue weighted by Crippen LogP contribution is -2.46. The SMILES string of the molecule is CC(C)C1(C(=O)N[C@@H](C)c2cccc(Br)c2)CCNC1. The van der Waals surface area contributed by atoms with Gasteiger partial charge in [0.15, 0.2) is 0 Å². The molecule has 0 saturated carbocycles. The Hall–Kier alpha value is -0.870. The maximum atomic E-state index is 12.7. The van der Waals surface area contributed by atoms with Crippen LogP contribution in [0.1, 0.15) is 38.8 Å². The van der Waals surface area contributed by atoms with Crippen molar-refractivity contribution >= 4 is 21.8 Å². The third kappa shape index (κ3) is 3.07. The topological polar surface area (TPSA) is 41.1 Å². The molecule has 1 unspecified atom stereocenters. The summed E-state index contributed by atoms with van der Waals surface area (Å²) in [5.74, 6) is 0.511. The molecule has 0 spiro atoms. The summed E-state index contributed by atoms with van der Waals surface area (Å²) in [5, 5.41) is 6.52. The van der Waals surface area contributed by atoms with E-state index in [1.807, 2.05) is 25.1 Å². The quantitative estimate of drug-likeness (QED) is 0.884. The number of carbonyl (C=O) groups is 1. The van der Waals surface area contributed by atoms with Crippen LogP contribution in [0.25, 0.3) is 0 Å². The zero-order valence-corrected chi connectivity index (χ0v) is 14.0. The first-order valence-corrected chi connectivity index (χ1v) is 8.02. The fourth-order valence-corrected chi connectivity index (χ4v) is 3.28. The molecule has 20 heavy (non-hydrogen) atoms. The van der Waals surface area contributed by atoms with Crippen LogP contribution in [0.15, 0.2) is 28.7 Å². The van der Waals surface area contributed by atoms with E-state index in [-0.39, 0.29) is 17.4 Å². The molecule has 1 aliphatic heterocycles. The Bertz CT molecular complexity index is 481. The molecule has 0 bridgehead atoms. The largest absolute Gasteiger partial charge is 0.349 e. The lowest BCUT2D eigenvalue weighted by atomic mass is 9.75. The van der Waals surface area contributed by atoms with E-state index in [4.69, 9.17) is 0 Å². The highest BCUT2D eigenvalue weighted by Gasteiger charge is 2.44. The fourth-order valence-electron chi connectivity index (χ4n) is 2.86. The summed E-state index contributed by atoms with van der Waals surface area (Å²) < 4.78 is 1.04. The van der Waals surface area contributed by atoms with Gasteiger partial charge in [0.1, 0.15) is 0 Å². The average Bonchev–Trinajstić information content (AvgIpc) is 2.89. The molecular weight excluding hydrogens is 316 g/mol. The van der Waals surface area contributed by atoms with Crippen LogP contribution < -0.4 is 10.6 Å². The molecule has 0 aliphatic carbocycles. The highest BCUT2D eigenvalue weighted by Crippen LogP contribution is 2.35. The van der Waals surface area contributed by atoms with Crippen molar-refractivity contribution in [3.05, 3.63) is 34.3 Å². The predicted molar refractivity (Wildman–Crippen MR) is 85.5 cm³/mol. The molecule has 1 aliphatic rings. The average molecular weight is 339 g/mol. The summed E-state index contributed by atoms with van der Waals surface area (Å²) in [7, 11) is 0. The second kappa shape index (κ2) is 6.27. The molecule has 0 aromatic heterocycles. The third-order valence-corrected chi connectivity index (χ3v) is 4.94. The minimum atomic E-state index is -0.264. The van der Waals surface area contributed by atoms with Crippen LogP contribution in [0.5, 0.6) is 0 Å². The lowest BCUT2D eigenvalue weighted by Gasteiger charge is -2.32. The van der Waals surface area contributed by atoms with Crippen molar-refractivity contribution in [3.8, 4) is 0 Å². The van der Waals surface area contributed by atoms with Gasteiger partial charge in [-0.2, -0.15) is 0 Å². The van der Waals surface area contributed by atoms with E-state index in [0.29, 0.717) is 5.92 Å². The maximum Gasteiger partial charge on any atom is 0.228 e. The Morgan fingerprint density at radius 1 is 1.40 bits per heavy atom. The van der Waals surface area contributed by atoms with Gasteiger partial charge in [-0.15, -0.1) is 0 Å². The van der Waals surface area contributed by atoms with Gasteiger partial charge in [-0.25, -0.2) is 0 Å². The molecule has 2 N–H and O–H groups in total. The van der Waals surface area contributed by atoms with Crippen LogP contribution in [-0.2, 0) is 4.79 Å². The van der Waals surface area contributed by atoms with Gasteiger partial charge >= 0.3 is 0 Å². The van der Waals surface area contributed by atoms with E-state index in [1.165, 1.54) is 0 Å². The van der Waals surface area contributed by atoms with E-state index in [9.17, 15) is 4.79 Å². The normalized spacial score (nSPS) is 23.9. The Kier molecular flexibility index (Phi) is 4.86. The molecule has 1 heterocycles. The smallest absolute Gasteiger partial charge is 0.228 e. The molecule has 1 amide bonds. The third-order valence-electron chi connectivity index (χ3n) is 4.44. The van der Waals surface area contributed by atoms with E-state index in [0.717, 1.165) is 29.5 Å². The first kappa shape index (κ1) is 15.5. The van der Waals surface area contributed by atoms with Gasteiger partial charge in [-0.1, -0.05) is 41.9 Å². The molecule has 1 aromatic carbocycles. The number of rotatable bonds is 4. The van der Waals surface area contributed by atoms with Gasteiger partial charge in [0.25, 0.3) is 0 Å². The van der Waals surface area contributed by atoms with Gasteiger partial charge in [-0.05, 0) is 43.5 Å². The van der Waals surface area contributed by atoms with Crippen molar-refractivity contribution in [2.45, 2.75) is 33.2 Å². The van der Waals surface area contributed by atoms with Crippen LogP contribution >= 0.6 is 15.9 Å². The molecule has 0 radical (unpaired) electrons. The number of carbonyl (C=O) groups excluding carboxylic acids is 1.